The van der Waals surface area contributed by atoms with Gasteiger partial charge >= 0.3 is 0 Å². The van der Waals surface area contributed by atoms with Crippen molar-refractivity contribution >= 4 is 28.1 Å². The van der Waals surface area contributed by atoms with E-state index in [2.05, 4.69) is 22.2 Å². The van der Waals surface area contributed by atoms with Crippen LogP contribution in [0.1, 0.15) is 50.3 Å². The molecule has 2 aromatic carbocycles. The summed E-state index contributed by atoms with van der Waals surface area (Å²) in [5.41, 5.74) is 4.16. The molecule has 0 unspecified atom stereocenters. The first-order valence-corrected chi connectivity index (χ1v) is 12.0. The molecule has 2 aromatic heterocycles. The Morgan fingerprint density at radius 1 is 1.21 bits per heavy atom. The topological polar surface area (TPSA) is 58.2 Å². The number of carbonyl (C=O) groups excluding carboxylic acids is 1. The number of likely N-dealkylation sites (tertiary alicyclic amines) is 1. The molecule has 4 aromatic rings. The molecule has 0 bridgehead atoms. The molecule has 1 aliphatic rings. The number of H-pyrrole nitrogens is 1. The van der Waals surface area contributed by atoms with Gasteiger partial charge in [0.2, 0.25) is 0 Å². The van der Waals surface area contributed by atoms with E-state index in [1.165, 1.54) is 34.4 Å². The number of nitrogens with zero attached hydrogens (tertiary/aromatic N) is 2. The maximum atomic E-state index is 13.2. The summed E-state index contributed by atoms with van der Waals surface area (Å²) in [5.74, 6) is 1.08. The first-order chi connectivity index (χ1) is 16.0. The van der Waals surface area contributed by atoms with Gasteiger partial charge in [-0.15, -0.1) is 11.3 Å². The van der Waals surface area contributed by atoms with E-state index in [0.29, 0.717) is 17.2 Å². The van der Waals surface area contributed by atoms with Gasteiger partial charge in [0, 0.05) is 36.6 Å². The normalized spacial score (nSPS) is 14.7. The average Bonchev–Trinajstić information content (AvgIpc) is 3.42. The van der Waals surface area contributed by atoms with E-state index in [0.717, 1.165) is 53.5 Å². The molecule has 1 amide bonds. The van der Waals surface area contributed by atoms with E-state index in [1.807, 2.05) is 24.0 Å². The van der Waals surface area contributed by atoms with E-state index in [1.54, 1.807) is 19.2 Å². The first kappa shape index (κ1) is 21.6. The van der Waals surface area contributed by atoms with Crippen molar-refractivity contribution in [2.75, 3.05) is 20.2 Å². The number of nitrogens with one attached hydrogen (secondary N) is 1. The minimum Gasteiger partial charge on any atom is -0.497 e. The number of methoxy groups -OCH3 is 1. The van der Waals surface area contributed by atoms with Crippen molar-refractivity contribution in [2.24, 2.45) is 0 Å². The Morgan fingerprint density at radius 3 is 2.70 bits per heavy atom. The second-order valence-electron chi connectivity index (χ2n) is 8.55. The van der Waals surface area contributed by atoms with Crippen LogP contribution in [0, 0.1) is 12.7 Å². The van der Waals surface area contributed by atoms with Gasteiger partial charge in [0.05, 0.1) is 17.8 Å². The number of aromatic nitrogens is 2. The van der Waals surface area contributed by atoms with Gasteiger partial charge in [-0.3, -0.25) is 4.79 Å². The smallest absolute Gasteiger partial charge is 0.265 e. The molecular formula is C26H26FN3O2S. The Balaban J connectivity index is 1.26. The molecule has 0 saturated carbocycles. The van der Waals surface area contributed by atoms with Gasteiger partial charge < -0.3 is 14.6 Å². The molecule has 1 fully saturated rings. The number of amides is 1. The lowest BCUT2D eigenvalue weighted by Gasteiger charge is -2.31. The monoisotopic (exact) mass is 463 g/mol. The van der Waals surface area contributed by atoms with Crippen LogP contribution in [0.2, 0.25) is 0 Å². The van der Waals surface area contributed by atoms with Crippen LogP contribution in [0.15, 0.2) is 48.7 Å². The molecule has 0 atom stereocenters. The molecular weight excluding hydrogens is 437 g/mol. The highest BCUT2D eigenvalue weighted by Crippen LogP contribution is 2.35. The summed E-state index contributed by atoms with van der Waals surface area (Å²) in [6.07, 6.45) is 4.55. The third kappa shape index (κ3) is 4.37. The highest BCUT2D eigenvalue weighted by Gasteiger charge is 2.28. The Hall–Kier alpha value is -3.19. The Morgan fingerprint density at radius 2 is 1.97 bits per heavy atom. The highest BCUT2D eigenvalue weighted by atomic mass is 32.1. The highest BCUT2D eigenvalue weighted by molar-refractivity contribution is 7.13. The predicted octanol–water partition coefficient (Wildman–Crippen LogP) is 5.69. The van der Waals surface area contributed by atoms with Crippen LogP contribution in [0.25, 0.3) is 10.9 Å². The molecule has 170 valence electrons. The van der Waals surface area contributed by atoms with E-state index in [-0.39, 0.29) is 11.7 Å². The van der Waals surface area contributed by atoms with Crippen molar-refractivity contribution in [3.63, 3.8) is 0 Å². The summed E-state index contributed by atoms with van der Waals surface area (Å²) in [5, 5.41) is 2.08. The van der Waals surface area contributed by atoms with Crippen LogP contribution < -0.4 is 4.74 Å². The van der Waals surface area contributed by atoms with Crippen LogP contribution >= 0.6 is 11.3 Å². The predicted molar refractivity (Wildman–Crippen MR) is 129 cm³/mol. The SMILES string of the molecule is COc1ccc2[nH]cc(C3CCN(C(=O)c4sc(Cc5ccc(F)cc5)nc4C)CC3)c2c1. The molecule has 7 heteroatoms. The number of hydrogen-bond donors (Lipinski definition) is 1. The van der Waals surface area contributed by atoms with Gasteiger partial charge in [0.25, 0.3) is 5.91 Å². The van der Waals surface area contributed by atoms with Crippen molar-refractivity contribution < 1.29 is 13.9 Å². The Kier molecular flexibility index (Phi) is 5.89. The van der Waals surface area contributed by atoms with E-state index < -0.39 is 0 Å². The summed E-state index contributed by atoms with van der Waals surface area (Å²) in [6, 6.07) is 12.5. The van der Waals surface area contributed by atoms with Crippen LogP contribution in [0.4, 0.5) is 4.39 Å². The summed E-state index contributed by atoms with van der Waals surface area (Å²) in [6.45, 7) is 3.35. The minimum absolute atomic E-state index is 0.0643. The average molecular weight is 464 g/mol. The molecule has 1 aliphatic heterocycles. The number of aryl methyl sites for hydroxylation is 1. The number of hydrogen-bond acceptors (Lipinski definition) is 4. The third-order valence-electron chi connectivity index (χ3n) is 6.45. The standard InChI is InChI=1S/C26H26FN3O2S/c1-16-25(33-24(29-16)13-17-3-5-19(27)6-4-17)26(31)30-11-9-18(10-12-30)22-15-28-23-8-7-20(32-2)14-21(22)23/h3-8,14-15,18,28H,9-13H2,1-2H3. The Bertz CT molecular complexity index is 1290. The van der Waals surface area contributed by atoms with Gasteiger partial charge in [-0.05, 0) is 67.1 Å². The summed E-state index contributed by atoms with van der Waals surface area (Å²) in [7, 11) is 1.68. The third-order valence-corrected chi connectivity index (χ3v) is 7.59. The van der Waals surface area contributed by atoms with Gasteiger partial charge in [-0.1, -0.05) is 12.1 Å². The number of benzene rings is 2. The van der Waals surface area contributed by atoms with Crippen molar-refractivity contribution in [1.82, 2.24) is 14.9 Å². The fraction of sp³-hybridized carbons (Fsp3) is 0.308. The fourth-order valence-electron chi connectivity index (χ4n) is 4.63. The molecule has 1 saturated heterocycles. The first-order valence-electron chi connectivity index (χ1n) is 11.2. The zero-order valence-electron chi connectivity index (χ0n) is 18.7. The number of carbonyl (C=O) groups is 1. The quantitative estimate of drug-likeness (QED) is 0.414. The number of rotatable bonds is 5. The second kappa shape index (κ2) is 8.98. The molecule has 5 rings (SSSR count). The van der Waals surface area contributed by atoms with E-state index >= 15 is 0 Å². The zero-order chi connectivity index (χ0) is 22.9. The number of piperidine rings is 1. The van der Waals surface area contributed by atoms with Gasteiger partial charge in [0.15, 0.2) is 0 Å². The van der Waals surface area contributed by atoms with Crippen LogP contribution in [-0.4, -0.2) is 41.0 Å². The van der Waals surface area contributed by atoms with Crippen molar-refractivity contribution in [1.29, 1.82) is 0 Å². The summed E-state index contributed by atoms with van der Waals surface area (Å²) in [4.78, 5) is 23.9. The summed E-state index contributed by atoms with van der Waals surface area (Å²) >= 11 is 1.45. The van der Waals surface area contributed by atoms with E-state index in [4.69, 9.17) is 4.74 Å². The number of halogens is 1. The number of fused-ring (bicyclic) bond motifs is 1. The lowest BCUT2D eigenvalue weighted by Crippen LogP contribution is -2.37. The number of ether oxygens (including phenoxy) is 1. The van der Waals surface area contributed by atoms with Crippen LogP contribution in [0.5, 0.6) is 5.75 Å². The number of thiazole rings is 1. The van der Waals surface area contributed by atoms with Crippen LogP contribution in [0.3, 0.4) is 0 Å². The molecule has 3 heterocycles. The second-order valence-corrected chi connectivity index (χ2v) is 9.63. The molecule has 0 radical (unpaired) electrons. The van der Waals surface area contributed by atoms with Crippen LogP contribution in [-0.2, 0) is 6.42 Å². The molecule has 1 N–H and O–H groups in total. The number of aromatic amines is 1. The fourth-order valence-corrected chi connectivity index (χ4v) is 5.69. The van der Waals surface area contributed by atoms with Crippen molar-refractivity contribution in [2.45, 2.75) is 32.1 Å². The van der Waals surface area contributed by atoms with Gasteiger partial charge in [0.1, 0.15) is 16.4 Å². The lowest BCUT2D eigenvalue weighted by molar-refractivity contribution is 0.0717. The van der Waals surface area contributed by atoms with E-state index in [9.17, 15) is 9.18 Å². The maximum Gasteiger partial charge on any atom is 0.265 e. The molecule has 5 nitrogen and oxygen atoms in total. The van der Waals surface area contributed by atoms with Gasteiger partial charge in [-0.2, -0.15) is 0 Å². The lowest BCUT2D eigenvalue weighted by atomic mass is 9.89. The molecule has 0 spiro atoms. The van der Waals surface area contributed by atoms with Crippen molar-refractivity contribution in [3.05, 3.63) is 81.2 Å². The maximum absolute atomic E-state index is 13.2. The minimum atomic E-state index is -0.250. The zero-order valence-corrected chi connectivity index (χ0v) is 19.5. The molecule has 0 aliphatic carbocycles. The van der Waals surface area contributed by atoms with Crippen molar-refractivity contribution in [3.8, 4) is 5.75 Å². The van der Waals surface area contributed by atoms with Gasteiger partial charge in [-0.25, -0.2) is 9.37 Å². The summed E-state index contributed by atoms with van der Waals surface area (Å²) < 4.78 is 18.6. The largest absolute Gasteiger partial charge is 0.497 e. The Labute approximate surface area is 196 Å². The molecule has 33 heavy (non-hydrogen) atoms.